The minimum atomic E-state index is -3.87. The molecule has 26 heavy (non-hydrogen) atoms. The number of anilines is 1. The van der Waals surface area contributed by atoms with Gasteiger partial charge < -0.3 is 4.52 Å². The van der Waals surface area contributed by atoms with Crippen molar-refractivity contribution < 1.29 is 17.7 Å². The second-order valence-corrected chi connectivity index (χ2v) is 9.35. The number of sulfonamides is 1. The molecule has 0 bridgehead atoms. The molecule has 142 valence electrons. The molecule has 2 aromatic heterocycles. The van der Waals surface area contributed by atoms with Gasteiger partial charge in [0.25, 0.3) is 0 Å². The number of carbonyl (C=O) groups is 1. The van der Waals surface area contributed by atoms with Gasteiger partial charge in [0.15, 0.2) is 5.76 Å². The van der Waals surface area contributed by atoms with Crippen LogP contribution in [0.2, 0.25) is 0 Å². The number of hydrogen-bond donors (Lipinski definition) is 1. The Balaban J connectivity index is 1.82. The van der Waals surface area contributed by atoms with Gasteiger partial charge in [0.2, 0.25) is 21.1 Å². The summed E-state index contributed by atoms with van der Waals surface area (Å²) in [5.41, 5.74) is 0.291. The molecular weight excluding hydrogens is 378 g/mol. The van der Waals surface area contributed by atoms with Gasteiger partial charge >= 0.3 is 0 Å². The van der Waals surface area contributed by atoms with Gasteiger partial charge in [-0.1, -0.05) is 30.3 Å². The van der Waals surface area contributed by atoms with Crippen molar-refractivity contribution in [1.82, 2.24) is 19.7 Å². The van der Waals surface area contributed by atoms with Gasteiger partial charge in [-0.15, -0.1) is 10.2 Å². The summed E-state index contributed by atoms with van der Waals surface area (Å²) < 4.78 is 32.2. The molecule has 1 amide bonds. The number of aryl methyl sites for hydroxylation is 2. The van der Waals surface area contributed by atoms with E-state index in [2.05, 4.69) is 20.7 Å². The van der Waals surface area contributed by atoms with Crippen molar-refractivity contribution in [2.75, 3.05) is 11.9 Å². The van der Waals surface area contributed by atoms with Crippen LogP contribution in [0.1, 0.15) is 49.1 Å². The first-order valence-electron chi connectivity index (χ1n) is 8.30. The first-order valence-corrected chi connectivity index (χ1v) is 10.6. The molecule has 1 aliphatic rings. The highest BCUT2D eigenvalue weighted by atomic mass is 32.2. The summed E-state index contributed by atoms with van der Waals surface area (Å²) in [6.45, 7) is 7.37. The zero-order valence-electron chi connectivity index (χ0n) is 15.0. The maximum Gasteiger partial charge on any atom is 0.249 e. The molecule has 1 fully saturated rings. The first kappa shape index (κ1) is 18.9. The Morgan fingerprint density at radius 1 is 1.35 bits per heavy atom. The maximum atomic E-state index is 13.0. The zero-order valence-corrected chi connectivity index (χ0v) is 16.6. The Morgan fingerprint density at radius 3 is 2.65 bits per heavy atom. The van der Waals surface area contributed by atoms with E-state index in [-0.39, 0.29) is 23.1 Å². The van der Waals surface area contributed by atoms with E-state index in [9.17, 15) is 13.2 Å². The fourth-order valence-corrected chi connectivity index (χ4v) is 5.66. The van der Waals surface area contributed by atoms with Crippen LogP contribution in [0.4, 0.5) is 5.13 Å². The SMILES string of the molecule is Cc1noc(C)c1S(=O)(=O)N1CCC[C@@H]1C(=O)Nc1nnc(C(C)C)s1. The van der Waals surface area contributed by atoms with Crippen molar-refractivity contribution in [2.45, 2.75) is 57.4 Å². The van der Waals surface area contributed by atoms with Gasteiger partial charge in [-0.2, -0.15) is 4.31 Å². The van der Waals surface area contributed by atoms with E-state index in [1.165, 1.54) is 15.6 Å². The summed E-state index contributed by atoms with van der Waals surface area (Å²) in [5, 5.41) is 15.6. The molecule has 1 N–H and O–H groups in total. The Bertz CT molecular complexity index is 899. The maximum absolute atomic E-state index is 13.0. The Kier molecular flexibility index (Phi) is 5.13. The van der Waals surface area contributed by atoms with Crippen LogP contribution in [-0.4, -0.2) is 46.6 Å². The fourth-order valence-electron chi connectivity index (χ4n) is 2.96. The molecule has 3 rings (SSSR count). The first-order chi connectivity index (χ1) is 12.2. The van der Waals surface area contributed by atoms with E-state index >= 15 is 0 Å². The molecule has 1 atom stereocenters. The second kappa shape index (κ2) is 7.05. The number of aromatic nitrogens is 3. The third-order valence-corrected chi connectivity index (χ3v) is 7.50. The zero-order chi connectivity index (χ0) is 19.1. The lowest BCUT2D eigenvalue weighted by molar-refractivity contribution is -0.119. The van der Waals surface area contributed by atoms with E-state index in [0.717, 1.165) is 5.01 Å². The van der Waals surface area contributed by atoms with Gasteiger partial charge in [-0.25, -0.2) is 8.42 Å². The van der Waals surface area contributed by atoms with Crippen molar-refractivity contribution in [2.24, 2.45) is 0 Å². The minimum absolute atomic E-state index is 0.0372. The lowest BCUT2D eigenvalue weighted by Gasteiger charge is -2.22. The molecule has 1 aliphatic heterocycles. The molecule has 0 aliphatic carbocycles. The molecule has 0 saturated carbocycles. The smallest absolute Gasteiger partial charge is 0.249 e. The molecule has 2 aromatic rings. The number of amides is 1. The number of hydrogen-bond acceptors (Lipinski definition) is 8. The molecule has 1 saturated heterocycles. The van der Waals surface area contributed by atoms with Crippen LogP contribution in [0.3, 0.4) is 0 Å². The fraction of sp³-hybridized carbons (Fsp3) is 0.600. The quantitative estimate of drug-likeness (QED) is 0.817. The van der Waals surface area contributed by atoms with Crippen LogP contribution in [0.5, 0.6) is 0 Å². The summed E-state index contributed by atoms with van der Waals surface area (Å²) in [4.78, 5) is 12.7. The molecule has 0 spiro atoms. The summed E-state index contributed by atoms with van der Waals surface area (Å²) >= 11 is 1.29. The monoisotopic (exact) mass is 399 g/mol. The third-order valence-electron chi connectivity index (χ3n) is 4.21. The average Bonchev–Trinajstić information content (AvgIpc) is 3.27. The molecule has 11 heteroatoms. The third kappa shape index (κ3) is 3.38. The Hall–Kier alpha value is -1.85. The van der Waals surface area contributed by atoms with E-state index in [1.807, 2.05) is 13.8 Å². The minimum Gasteiger partial charge on any atom is -0.360 e. The number of rotatable bonds is 5. The van der Waals surface area contributed by atoms with Gasteiger partial charge in [-0.3, -0.25) is 10.1 Å². The van der Waals surface area contributed by atoms with Gasteiger partial charge in [0, 0.05) is 12.5 Å². The van der Waals surface area contributed by atoms with Gasteiger partial charge in [-0.05, 0) is 26.7 Å². The number of nitrogens with zero attached hydrogens (tertiary/aromatic N) is 4. The highest BCUT2D eigenvalue weighted by Gasteiger charge is 2.42. The Morgan fingerprint density at radius 2 is 2.08 bits per heavy atom. The van der Waals surface area contributed by atoms with E-state index in [1.54, 1.807) is 13.8 Å². The topological polar surface area (TPSA) is 118 Å². The van der Waals surface area contributed by atoms with Crippen LogP contribution in [-0.2, 0) is 14.8 Å². The molecule has 0 radical (unpaired) electrons. The van der Waals surface area contributed by atoms with Crippen molar-refractivity contribution in [3.63, 3.8) is 0 Å². The van der Waals surface area contributed by atoms with Gasteiger partial charge in [0.05, 0.1) is 0 Å². The summed E-state index contributed by atoms with van der Waals surface area (Å²) in [6, 6.07) is -0.792. The normalized spacial score (nSPS) is 18.6. The van der Waals surface area contributed by atoms with Crippen LogP contribution >= 0.6 is 11.3 Å². The highest BCUT2D eigenvalue weighted by molar-refractivity contribution is 7.89. The van der Waals surface area contributed by atoms with Crippen molar-refractivity contribution in [3.8, 4) is 0 Å². The lowest BCUT2D eigenvalue weighted by Crippen LogP contribution is -2.43. The molecule has 0 unspecified atom stereocenters. The van der Waals surface area contributed by atoms with Crippen LogP contribution < -0.4 is 5.32 Å². The van der Waals surface area contributed by atoms with E-state index in [0.29, 0.717) is 23.7 Å². The Labute approximate surface area is 155 Å². The number of carbonyl (C=O) groups excluding carboxylic acids is 1. The molecule has 9 nitrogen and oxygen atoms in total. The average molecular weight is 399 g/mol. The summed E-state index contributed by atoms with van der Waals surface area (Å²) in [5.74, 6) is 0.0320. The lowest BCUT2D eigenvalue weighted by atomic mass is 10.2. The van der Waals surface area contributed by atoms with Crippen LogP contribution in [0.15, 0.2) is 9.42 Å². The van der Waals surface area contributed by atoms with E-state index in [4.69, 9.17) is 4.52 Å². The largest absolute Gasteiger partial charge is 0.360 e. The molecule has 3 heterocycles. The van der Waals surface area contributed by atoms with E-state index < -0.39 is 22.0 Å². The van der Waals surface area contributed by atoms with Gasteiger partial charge in [0.1, 0.15) is 21.6 Å². The van der Waals surface area contributed by atoms with Crippen LogP contribution in [0, 0.1) is 13.8 Å². The summed E-state index contributed by atoms with van der Waals surface area (Å²) in [7, 11) is -3.87. The predicted molar refractivity (Wildman–Crippen MR) is 95.5 cm³/mol. The molecular formula is C15H21N5O4S2. The summed E-state index contributed by atoms with van der Waals surface area (Å²) in [6.07, 6.45) is 1.05. The van der Waals surface area contributed by atoms with Crippen LogP contribution in [0.25, 0.3) is 0 Å². The standard InChI is InChI=1S/C15H21N5O4S2/c1-8(2)14-17-18-15(25-14)16-13(21)11-6-5-7-20(11)26(22,23)12-9(3)19-24-10(12)4/h8,11H,5-7H2,1-4H3,(H,16,18,21)/t11-/m1/s1. The predicted octanol–water partition coefficient (Wildman–Crippen LogP) is 2.06. The van der Waals surface area contributed by atoms with Crippen molar-refractivity contribution >= 4 is 32.4 Å². The number of nitrogens with one attached hydrogen (secondary N) is 1. The highest BCUT2D eigenvalue weighted by Crippen LogP contribution is 2.31. The molecule has 0 aromatic carbocycles. The van der Waals surface area contributed by atoms with Crippen molar-refractivity contribution in [1.29, 1.82) is 0 Å². The second-order valence-electron chi connectivity index (χ2n) is 6.52. The van der Waals surface area contributed by atoms with Crippen molar-refractivity contribution in [3.05, 3.63) is 16.5 Å².